The zero-order valence-corrected chi connectivity index (χ0v) is 17.6. The lowest BCUT2D eigenvalue weighted by Crippen LogP contribution is -2.32. The van der Waals surface area contributed by atoms with Crippen molar-refractivity contribution >= 4 is 23.4 Å². The first kappa shape index (κ1) is 20.2. The maximum atomic E-state index is 13.1. The van der Waals surface area contributed by atoms with Gasteiger partial charge in [-0.15, -0.1) is 0 Å². The first-order valence-electron chi connectivity index (χ1n) is 9.87. The lowest BCUT2D eigenvalue weighted by atomic mass is 10.2. The summed E-state index contributed by atoms with van der Waals surface area (Å²) < 4.78 is 6.70. The molecule has 0 fully saturated rings. The smallest absolute Gasteiger partial charge is 0.258 e. The zero-order chi connectivity index (χ0) is 20.9. The summed E-state index contributed by atoms with van der Waals surface area (Å²) in [7, 11) is 1.58. The predicted molar refractivity (Wildman–Crippen MR) is 118 cm³/mol. The summed E-state index contributed by atoms with van der Waals surface area (Å²) in [6.07, 6.45) is 2.48. The largest absolute Gasteiger partial charge is 0.497 e. The highest BCUT2D eigenvalue weighted by atomic mass is 32.2. The van der Waals surface area contributed by atoms with Crippen LogP contribution in [0.3, 0.4) is 0 Å². The fraction of sp³-hybridized carbons (Fsp3) is 0.261. The number of fused-ring (bicyclic) bond motifs is 1. The molecule has 4 rings (SSSR count). The van der Waals surface area contributed by atoms with Gasteiger partial charge < -0.3 is 10.1 Å². The van der Waals surface area contributed by atoms with Crippen molar-refractivity contribution in [3.05, 3.63) is 81.8 Å². The molecule has 0 atom stereocenters. The molecule has 7 heteroatoms. The van der Waals surface area contributed by atoms with Crippen molar-refractivity contribution in [3.8, 4) is 5.75 Å². The summed E-state index contributed by atoms with van der Waals surface area (Å²) in [4.78, 5) is 30.5. The van der Waals surface area contributed by atoms with E-state index in [2.05, 4.69) is 5.32 Å². The van der Waals surface area contributed by atoms with Crippen LogP contribution in [0, 0.1) is 0 Å². The molecule has 0 aliphatic heterocycles. The average Bonchev–Trinajstić information content (AvgIpc) is 3.24. The van der Waals surface area contributed by atoms with Gasteiger partial charge in [0.15, 0.2) is 5.16 Å². The monoisotopic (exact) mass is 421 g/mol. The van der Waals surface area contributed by atoms with Crippen LogP contribution in [0.15, 0.2) is 64.5 Å². The Balaban J connectivity index is 1.57. The highest BCUT2D eigenvalue weighted by molar-refractivity contribution is 7.98. The summed E-state index contributed by atoms with van der Waals surface area (Å²) in [5, 5.41) is 3.43. The van der Waals surface area contributed by atoms with Crippen LogP contribution in [-0.2, 0) is 29.9 Å². The molecule has 0 radical (unpaired) electrons. The number of carbonyl (C=O) groups is 1. The van der Waals surface area contributed by atoms with Crippen LogP contribution >= 0.6 is 11.8 Å². The summed E-state index contributed by atoms with van der Waals surface area (Å²) in [6, 6.07) is 17.2. The van der Waals surface area contributed by atoms with Gasteiger partial charge in [-0.1, -0.05) is 48.2 Å². The molecule has 3 aromatic rings. The molecule has 1 aliphatic rings. The Labute approximate surface area is 179 Å². The van der Waals surface area contributed by atoms with Crippen molar-refractivity contribution < 1.29 is 9.53 Å². The topological polar surface area (TPSA) is 73.2 Å². The molecule has 1 aromatic heterocycles. The molecule has 0 unspecified atom stereocenters. The quantitative estimate of drug-likeness (QED) is 0.465. The van der Waals surface area contributed by atoms with E-state index in [0.717, 1.165) is 36.1 Å². The average molecular weight is 422 g/mol. The molecule has 0 spiro atoms. The number of ether oxygens (including phenoxy) is 1. The zero-order valence-electron chi connectivity index (χ0n) is 16.8. The van der Waals surface area contributed by atoms with E-state index in [9.17, 15) is 9.59 Å². The predicted octanol–water partition coefficient (Wildman–Crippen LogP) is 3.67. The number of thioether (sulfide) groups is 1. The molecule has 0 saturated heterocycles. The number of amides is 1. The van der Waals surface area contributed by atoms with Gasteiger partial charge in [-0.25, -0.2) is 4.98 Å². The third kappa shape index (κ3) is 4.57. The van der Waals surface area contributed by atoms with Gasteiger partial charge in [0.05, 0.1) is 12.8 Å². The second-order valence-electron chi connectivity index (χ2n) is 7.12. The molecule has 0 bridgehead atoms. The van der Waals surface area contributed by atoms with E-state index < -0.39 is 0 Å². The molecule has 1 N–H and O–H groups in total. The summed E-state index contributed by atoms with van der Waals surface area (Å²) in [6.45, 7) is -0.0759. The normalized spacial score (nSPS) is 12.4. The SMILES string of the molecule is COc1cccc(NC(=O)Cn2c(SCc3ccccc3)nc3c(c2=O)CCC3)c1. The number of carbonyl (C=O) groups excluding carboxylic acids is 1. The second kappa shape index (κ2) is 9.17. The first-order valence-corrected chi connectivity index (χ1v) is 10.9. The maximum Gasteiger partial charge on any atom is 0.258 e. The van der Waals surface area contributed by atoms with Gasteiger partial charge in [-0.05, 0) is 37.0 Å². The first-order chi connectivity index (χ1) is 14.6. The van der Waals surface area contributed by atoms with Gasteiger partial charge in [0.2, 0.25) is 5.91 Å². The van der Waals surface area contributed by atoms with Gasteiger partial charge in [0, 0.05) is 23.1 Å². The molecule has 0 saturated carbocycles. The minimum Gasteiger partial charge on any atom is -0.497 e. The highest BCUT2D eigenvalue weighted by Crippen LogP contribution is 2.24. The molecule has 6 nitrogen and oxygen atoms in total. The van der Waals surface area contributed by atoms with Crippen LogP contribution in [0.2, 0.25) is 0 Å². The minimum atomic E-state index is -0.272. The van der Waals surface area contributed by atoms with Gasteiger partial charge in [-0.3, -0.25) is 14.2 Å². The Morgan fingerprint density at radius 2 is 2.00 bits per heavy atom. The number of benzene rings is 2. The molecule has 1 amide bonds. The van der Waals surface area contributed by atoms with E-state index in [0.29, 0.717) is 22.3 Å². The number of methoxy groups -OCH3 is 1. The molecule has 154 valence electrons. The van der Waals surface area contributed by atoms with Crippen LogP contribution in [0.4, 0.5) is 5.69 Å². The Bertz CT molecular complexity index is 1110. The molecular formula is C23H23N3O3S. The van der Waals surface area contributed by atoms with Crippen molar-refractivity contribution in [1.29, 1.82) is 0 Å². The van der Waals surface area contributed by atoms with Gasteiger partial charge in [0.25, 0.3) is 5.56 Å². The molecular weight excluding hydrogens is 398 g/mol. The number of anilines is 1. The van der Waals surface area contributed by atoms with Crippen molar-refractivity contribution in [3.63, 3.8) is 0 Å². The Kier molecular flexibility index (Phi) is 6.18. The molecule has 1 aliphatic carbocycles. The molecule has 2 aromatic carbocycles. The number of hydrogen-bond donors (Lipinski definition) is 1. The van der Waals surface area contributed by atoms with Crippen LogP contribution in [0.25, 0.3) is 0 Å². The maximum absolute atomic E-state index is 13.1. The Hall–Kier alpha value is -3.06. The standard InChI is InChI=1S/C23H23N3O3S/c1-29-18-10-5-9-17(13-18)24-21(27)14-26-22(28)19-11-6-12-20(19)25-23(26)30-15-16-7-3-2-4-8-16/h2-5,7-10,13H,6,11-12,14-15H2,1H3,(H,24,27). The Morgan fingerprint density at radius 3 is 2.80 bits per heavy atom. The number of aromatic nitrogens is 2. The van der Waals surface area contributed by atoms with E-state index in [1.54, 1.807) is 25.3 Å². The highest BCUT2D eigenvalue weighted by Gasteiger charge is 2.22. The third-order valence-corrected chi connectivity index (χ3v) is 6.07. The van der Waals surface area contributed by atoms with Crippen molar-refractivity contribution in [1.82, 2.24) is 9.55 Å². The van der Waals surface area contributed by atoms with Crippen molar-refractivity contribution in [2.24, 2.45) is 0 Å². The summed E-state index contributed by atoms with van der Waals surface area (Å²) in [5.41, 5.74) is 3.28. The van der Waals surface area contributed by atoms with E-state index in [1.807, 2.05) is 36.4 Å². The molecule has 1 heterocycles. The lowest BCUT2D eigenvalue weighted by molar-refractivity contribution is -0.116. The minimum absolute atomic E-state index is 0.0759. The lowest BCUT2D eigenvalue weighted by Gasteiger charge is -2.14. The number of hydrogen-bond acceptors (Lipinski definition) is 5. The second-order valence-corrected chi connectivity index (χ2v) is 8.06. The van der Waals surface area contributed by atoms with E-state index in [4.69, 9.17) is 9.72 Å². The summed E-state index contributed by atoms with van der Waals surface area (Å²) >= 11 is 1.49. The van der Waals surface area contributed by atoms with Crippen molar-refractivity contribution in [2.45, 2.75) is 36.7 Å². The summed E-state index contributed by atoms with van der Waals surface area (Å²) in [5.74, 6) is 1.07. The fourth-order valence-electron chi connectivity index (χ4n) is 3.52. The van der Waals surface area contributed by atoms with Gasteiger partial charge in [0.1, 0.15) is 12.3 Å². The number of nitrogens with zero attached hydrogens (tertiary/aromatic N) is 2. The van der Waals surface area contributed by atoms with E-state index in [-0.39, 0.29) is 18.0 Å². The van der Waals surface area contributed by atoms with Crippen LogP contribution in [-0.4, -0.2) is 22.6 Å². The number of nitrogens with one attached hydrogen (secondary N) is 1. The van der Waals surface area contributed by atoms with E-state index >= 15 is 0 Å². The van der Waals surface area contributed by atoms with Crippen molar-refractivity contribution in [2.75, 3.05) is 12.4 Å². The van der Waals surface area contributed by atoms with Crippen LogP contribution in [0.5, 0.6) is 5.75 Å². The Morgan fingerprint density at radius 1 is 1.17 bits per heavy atom. The number of aryl methyl sites for hydroxylation is 1. The van der Waals surface area contributed by atoms with Gasteiger partial charge in [-0.2, -0.15) is 0 Å². The third-order valence-electron chi connectivity index (χ3n) is 5.02. The fourth-order valence-corrected chi connectivity index (χ4v) is 4.49. The van der Waals surface area contributed by atoms with Gasteiger partial charge >= 0.3 is 0 Å². The number of rotatable bonds is 7. The van der Waals surface area contributed by atoms with Crippen LogP contribution in [0.1, 0.15) is 23.2 Å². The molecule has 30 heavy (non-hydrogen) atoms. The van der Waals surface area contributed by atoms with Crippen LogP contribution < -0.4 is 15.6 Å². The van der Waals surface area contributed by atoms with E-state index in [1.165, 1.54) is 16.3 Å².